The summed E-state index contributed by atoms with van der Waals surface area (Å²) in [5.74, 6) is 0.245. The van der Waals surface area contributed by atoms with E-state index in [-0.39, 0.29) is 17.7 Å². The predicted octanol–water partition coefficient (Wildman–Crippen LogP) is 3.69. The molecule has 0 saturated heterocycles. The molecule has 0 aliphatic heterocycles. The molecular formula is C17H32N2O2. The quantitative estimate of drug-likeness (QED) is 0.637. The van der Waals surface area contributed by atoms with Gasteiger partial charge in [0.05, 0.1) is 6.10 Å². The highest BCUT2D eigenvalue weighted by Gasteiger charge is 2.23. The van der Waals surface area contributed by atoms with Crippen molar-refractivity contribution >= 4 is 11.6 Å². The SMILES string of the molecule is CCCC(CC)CNC(=O)C(=N)C(C)OC1CCCCC1. The van der Waals surface area contributed by atoms with E-state index in [1.807, 2.05) is 6.92 Å². The Balaban J connectivity index is 2.32. The van der Waals surface area contributed by atoms with E-state index in [4.69, 9.17) is 10.1 Å². The van der Waals surface area contributed by atoms with Gasteiger partial charge in [-0.25, -0.2) is 0 Å². The monoisotopic (exact) mass is 296 g/mol. The lowest BCUT2D eigenvalue weighted by molar-refractivity contribution is -0.116. The van der Waals surface area contributed by atoms with Gasteiger partial charge in [0.1, 0.15) is 11.8 Å². The van der Waals surface area contributed by atoms with E-state index in [0.717, 1.165) is 32.1 Å². The summed E-state index contributed by atoms with van der Waals surface area (Å²) < 4.78 is 5.87. The molecule has 0 spiro atoms. The van der Waals surface area contributed by atoms with Gasteiger partial charge in [0.2, 0.25) is 0 Å². The highest BCUT2D eigenvalue weighted by Crippen LogP contribution is 2.21. The van der Waals surface area contributed by atoms with Crippen LogP contribution >= 0.6 is 0 Å². The Morgan fingerprint density at radius 3 is 2.52 bits per heavy atom. The largest absolute Gasteiger partial charge is 0.369 e. The summed E-state index contributed by atoms with van der Waals surface area (Å²) in [6.07, 6.45) is 8.95. The van der Waals surface area contributed by atoms with E-state index in [1.54, 1.807) is 0 Å². The Bertz CT molecular complexity index is 325. The van der Waals surface area contributed by atoms with Gasteiger partial charge < -0.3 is 10.1 Å². The van der Waals surface area contributed by atoms with Gasteiger partial charge in [-0.05, 0) is 32.1 Å². The van der Waals surface area contributed by atoms with Crippen LogP contribution < -0.4 is 5.32 Å². The van der Waals surface area contributed by atoms with Crippen molar-refractivity contribution in [3.63, 3.8) is 0 Å². The van der Waals surface area contributed by atoms with E-state index >= 15 is 0 Å². The van der Waals surface area contributed by atoms with E-state index in [0.29, 0.717) is 12.5 Å². The van der Waals surface area contributed by atoms with Gasteiger partial charge in [0, 0.05) is 6.54 Å². The van der Waals surface area contributed by atoms with Crippen LogP contribution in [0.1, 0.15) is 72.1 Å². The van der Waals surface area contributed by atoms with Gasteiger partial charge in [0.25, 0.3) is 5.91 Å². The summed E-state index contributed by atoms with van der Waals surface area (Å²) in [5.41, 5.74) is 0.0620. The van der Waals surface area contributed by atoms with Crippen LogP contribution in [0.25, 0.3) is 0 Å². The van der Waals surface area contributed by atoms with Gasteiger partial charge in [-0.1, -0.05) is 46.0 Å². The number of amides is 1. The van der Waals surface area contributed by atoms with Gasteiger partial charge in [-0.15, -0.1) is 0 Å². The molecule has 0 aromatic heterocycles. The van der Waals surface area contributed by atoms with E-state index in [1.165, 1.54) is 19.3 Å². The van der Waals surface area contributed by atoms with Gasteiger partial charge in [-0.3, -0.25) is 10.2 Å². The maximum atomic E-state index is 12.0. The molecule has 2 atom stereocenters. The van der Waals surface area contributed by atoms with Crippen molar-refractivity contribution in [2.45, 2.75) is 84.3 Å². The van der Waals surface area contributed by atoms with Gasteiger partial charge >= 0.3 is 0 Å². The molecule has 122 valence electrons. The fourth-order valence-corrected chi connectivity index (χ4v) is 2.93. The average Bonchev–Trinajstić information content (AvgIpc) is 2.51. The predicted molar refractivity (Wildman–Crippen MR) is 86.8 cm³/mol. The number of nitrogens with one attached hydrogen (secondary N) is 2. The molecule has 0 heterocycles. The second kappa shape index (κ2) is 9.93. The van der Waals surface area contributed by atoms with Crippen LogP contribution in [0.2, 0.25) is 0 Å². The maximum Gasteiger partial charge on any atom is 0.267 e. The molecule has 0 radical (unpaired) electrons. The molecule has 2 unspecified atom stereocenters. The zero-order valence-electron chi connectivity index (χ0n) is 13.9. The zero-order valence-corrected chi connectivity index (χ0v) is 13.9. The molecule has 0 bridgehead atoms. The van der Waals surface area contributed by atoms with Crippen LogP contribution in [0, 0.1) is 11.3 Å². The molecule has 4 nitrogen and oxygen atoms in total. The summed E-state index contributed by atoms with van der Waals surface area (Å²) in [6, 6.07) is 0. The van der Waals surface area contributed by atoms with Crippen molar-refractivity contribution in [1.82, 2.24) is 5.32 Å². The Kier molecular flexibility index (Phi) is 8.58. The Morgan fingerprint density at radius 2 is 1.95 bits per heavy atom. The molecular weight excluding hydrogens is 264 g/mol. The fourth-order valence-electron chi connectivity index (χ4n) is 2.93. The average molecular weight is 296 g/mol. The Labute approximate surface area is 129 Å². The van der Waals surface area contributed by atoms with E-state index < -0.39 is 6.10 Å². The number of ether oxygens (including phenoxy) is 1. The van der Waals surface area contributed by atoms with Crippen molar-refractivity contribution in [3.05, 3.63) is 0 Å². The number of carbonyl (C=O) groups is 1. The van der Waals surface area contributed by atoms with Crippen LogP contribution in [0.4, 0.5) is 0 Å². The minimum absolute atomic E-state index is 0.0620. The summed E-state index contributed by atoms with van der Waals surface area (Å²) in [4.78, 5) is 12.0. The summed E-state index contributed by atoms with van der Waals surface area (Å²) >= 11 is 0. The van der Waals surface area contributed by atoms with Crippen molar-refractivity contribution < 1.29 is 9.53 Å². The van der Waals surface area contributed by atoms with Crippen molar-refractivity contribution in [2.24, 2.45) is 5.92 Å². The molecule has 4 heteroatoms. The lowest BCUT2D eigenvalue weighted by Crippen LogP contribution is -2.41. The second-order valence-corrected chi connectivity index (χ2v) is 6.22. The Hall–Kier alpha value is -0.900. The molecule has 0 aromatic rings. The highest BCUT2D eigenvalue weighted by atomic mass is 16.5. The highest BCUT2D eigenvalue weighted by molar-refractivity contribution is 6.39. The summed E-state index contributed by atoms with van der Waals surface area (Å²) in [6.45, 7) is 6.79. The standard InChI is InChI=1S/C17H32N2O2/c1-4-9-14(5-2)12-19-17(20)16(18)13(3)21-15-10-7-6-8-11-15/h13-15,18H,4-12H2,1-3H3,(H,19,20). The van der Waals surface area contributed by atoms with Crippen molar-refractivity contribution in [1.29, 1.82) is 5.41 Å². The summed E-state index contributed by atoms with van der Waals surface area (Å²) in [5, 5.41) is 10.9. The van der Waals surface area contributed by atoms with Gasteiger partial charge in [0.15, 0.2) is 0 Å². The third kappa shape index (κ3) is 6.60. The van der Waals surface area contributed by atoms with Crippen molar-refractivity contribution in [2.75, 3.05) is 6.54 Å². The molecule has 1 amide bonds. The first-order chi connectivity index (χ1) is 10.1. The minimum atomic E-state index is -0.403. The molecule has 2 N–H and O–H groups in total. The molecule has 1 saturated carbocycles. The van der Waals surface area contributed by atoms with Crippen LogP contribution in [0.15, 0.2) is 0 Å². The lowest BCUT2D eigenvalue weighted by Gasteiger charge is -2.26. The number of carbonyl (C=O) groups excluding carboxylic acids is 1. The molecule has 1 aliphatic rings. The molecule has 21 heavy (non-hydrogen) atoms. The topological polar surface area (TPSA) is 62.2 Å². The molecule has 1 fully saturated rings. The smallest absolute Gasteiger partial charge is 0.267 e. The van der Waals surface area contributed by atoms with E-state index in [9.17, 15) is 4.79 Å². The fraction of sp³-hybridized carbons (Fsp3) is 0.882. The zero-order chi connectivity index (χ0) is 15.7. The van der Waals surface area contributed by atoms with Crippen LogP contribution in [0.5, 0.6) is 0 Å². The van der Waals surface area contributed by atoms with Gasteiger partial charge in [-0.2, -0.15) is 0 Å². The normalized spacial score (nSPS) is 19.0. The van der Waals surface area contributed by atoms with Crippen LogP contribution in [-0.2, 0) is 9.53 Å². The second-order valence-electron chi connectivity index (χ2n) is 6.22. The minimum Gasteiger partial charge on any atom is -0.369 e. The molecule has 1 rings (SSSR count). The number of rotatable bonds is 9. The number of hydrogen-bond acceptors (Lipinski definition) is 3. The third-order valence-corrected chi connectivity index (χ3v) is 4.43. The lowest BCUT2D eigenvalue weighted by atomic mass is 9.97. The summed E-state index contributed by atoms with van der Waals surface area (Å²) in [7, 11) is 0. The Morgan fingerprint density at radius 1 is 1.29 bits per heavy atom. The van der Waals surface area contributed by atoms with E-state index in [2.05, 4.69) is 19.2 Å². The van der Waals surface area contributed by atoms with Crippen LogP contribution in [0.3, 0.4) is 0 Å². The third-order valence-electron chi connectivity index (χ3n) is 4.43. The first-order valence-electron chi connectivity index (χ1n) is 8.60. The first kappa shape index (κ1) is 18.1. The first-order valence-corrected chi connectivity index (χ1v) is 8.60. The maximum absolute atomic E-state index is 12.0. The number of hydrogen-bond donors (Lipinski definition) is 2. The van der Waals surface area contributed by atoms with Crippen LogP contribution in [-0.4, -0.2) is 30.4 Å². The molecule has 0 aromatic carbocycles. The molecule has 1 aliphatic carbocycles. The van der Waals surface area contributed by atoms with Crippen molar-refractivity contribution in [3.8, 4) is 0 Å².